The van der Waals surface area contributed by atoms with Crippen LogP contribution in [0.5, 0.6) is 11.5 Å². The van der Waals surface area contributed by atoms with Crippen molar-refractivity contribution in [1.82, 2.24) is 0 Å². The number of anilines is 1. The summed E-state index contributed by atoms with van der Waals surface area (Å²) in [5, 5.41) is 27.9. The van der Waals surface area contributed by atoms with Crippen molar-refractivity contribution in [3.05, 3.63) is 76.9 Å². The molecule has 0 amide bonds. The Morgan fingerprint density at radius 2 is 1.21 bits per heavy atom. The van der Waals surface area contributed by atoms with Crippen molar-refractivity contribution in [2.75, 3.05) is 5.73 Å². The molecule has 0 unspecified atom stereocenters. The standard InChI is InChI=1S/C24H15N3O10S2/c25-21-19(39(35,36)37)9-18(38(32,33)34)12-5-6-15(24(31)20(12)21)26-27-16-7-13-14(8-17(16)28)23(30)11-4-2-1-3-10(11)22(13)29/h1-9,28,31H,25H2,(H,32,33,34)(H,35,36,37). The number of aromatic hydroxyl groups is 2. The second-order valence-electron chi connectivity index (χ2n) is 8.38. The summed E-state index contributed by atoms with van der Waals surface area (Å²) in [6, 6.07) is 10.9. The van der Waals surface area contributed by atoms with Gasteiger partial charge in [-0.15, -0.1) is 10.2 Å². The zero-order valence-corrected chi connectivity index (χ0v) is 20.9. The molecule has 198 valence electrons. The lowest BCUT2D eigenvalue weighted by Crippen LogP contribution is -2.20. The van der Waals surface area contributed by atoms with Crippen molar-refractivity contribution in [2.45, 2.75) is 9.79 Å². The summed E-state index contributed by atoms with van der Waals surface area (Å²) in [5.41, 5.74) is 4.64. The third-order valence-corrected chi connectivity index (χ3v) is 7.85. The molecule has 0 saturated carbocycles. The average molecular weight is 570 g/mol. The van der Waals surface area contributed by atoms with E-state index >= 15 is 0 Å². The van der Waals surface area contributed by atoms with E-state index in [0.717, 1.165) is 24.3 Å². The fourth-order valence-electron chi connectivity index (χ4n) is 4.27. The minimum absolute atomic E-state index is 0.0481. The number of fused-ring (bicyclic) bond motifs is 3. The number of nitrogen functional groups attached to an aromatic ring is 1. The van der Waals surface area contributed by atoms with Gasteiger partial charge in [0.25, 0.3) is 20.2 Å². The van der Waals surface area contributed by atoms with E-state index in [1.54, 1.807) is 12.1 Å². The lowest BCUT2D eigenvalue weighted by atomic mass is 9.84. The molecule has 13 nitrogen and oxygen atoms in total. The van der Waals surface area contributed by atoms with E-state index in [2.05, 4.69) is 10.2 Å². The Hall–Kier alpha value is -4.70. The summed E-state index contributed by atoms with van der Waals surface area (Å²) >= 11 is 0. The number of phenolic OH excluding ortho intramolecular Hbond substituents is 2. The second kappa shape index (κ2) is 8.67. The molecule has 0 fully saturated rings. The van der Waals surface area contributed by atoms with Crippen molar-refractivity contribution in [2.24, 2.45) is 10.2 Å². The SMILES string of the molecule is Nc1c(S(=O)(=O)O)cc(S(=O)(=O)O)c2ccc(N=Nc3cc4c(cc3O)C(=O)c3ccccc3C4=O)c(O)c12. The molecule has 0 heterocycles. The Morgan fingerprint density at radius 3 is 1.77 bits per heavy atom. The van der Waals surface area contributed by atoms with E-state index in [0.29, 0.717) is 6.07 Å². The van der Waals surface area contributed by atoms with E-state index in [1.165, 1.54) is 12.1 Å². The highest BCUT2D eigenvalue weighted by atomic mass is 32.2. The van der Waals surface area contributed by atoms with Crippen LogP contribution >= 0.6 is 0 Å². The molecule has 0 saturated heterocycles. The Bertz CT molecular complexity index is 2040. The highest BCUT2D eigenvalue weighted by molar-refractivity contribution is 7.87. The maximum atomic E-state index is 13.0. The van der Waals surface area contributed by atoms with Crippen molar-refractivity contribution >= 4 is 59.6 Å². The number of nitrogens with two attached hydrogens (primary N) is 1. The second-order valence-corrected chi connectivity index (χ2v) is 11.2. The van der Waals surface area contributed by atoms with Gasteiger partial charge in [0.1, 0.15) is 26.9 Å². The van der Waals surface area contributed by atoms with E-state index in [1.807, 2.05) is 0 Å². The van der Waals surface area contributed by atoms with E-state index < -0.39 is 75.2 Å². The van der Waals surface area contributed by atoms with Crippen molar-refractivity contribution in [1.29, 1.82) is 0 Å². The first-order valence-corrected chi connectivity index (χ1v) is 13.6. The molecular formula is C24H15N3O10S2. The van der Waals surface area contributed by atoms with Crippen LogP contribution in [0.15, 0.2) is 74.6 Å². The molecule has 6 N–H and O–H groups in total. The maximum Gasteiger partial charge on any atom is 0.296 e. The first kappa shape index (κ1) is 25.9. The maximum absolute atomic E-state index is 13.0. The molecule has 39 heavy (non-hydrogen) atoms. The minimum atomic E-state index is -5.10. The predicted molar refractivity (Wildman–Crippen MR) is 135 cm³/mol. The monoisotopic (exact) mass is 569 g/mol. The van der Waals surface area contributed by atoms with Gasteiger partial charge in [0.15, 0.2) is 17.3 Å². The zero-order chi connectivity index (χ0) is 28.4. The molecule has 0 aliphatic heterocycles. The Kier molecular flexibility index (Phi) is 5.76. The van der Waals surface area contributed by atoms with Gasteiger partial charge in [-0.2, -0.15) is 16.8 Å². The van der Waals surface area contributed by atoms with Crippen LogP contribution in [0.1, 0.15) is 31.8 Å². The van der Waals surface area contributed by atoms with Crippen molar-refractivity contribution in [3.8, 4) is 11.5 Å². The fourth-order valence-corrected chi connectivity index (χ4v) is 5.71. The first-order chi connectivity index (χ1) is 18.2. The summed E-state index contributed by atoms with van der Waals surface area (Å²) < 4.78 is 66.3. The normalized spacial score (nSPS) is 13.6. The van der Waals surface area contributed by atoms with Crippen LogP contribution in [-0.2, 0) is 20.2 Å². The number of phenols is 2. The molecule has 1 aliphatic carbocycles. The lowest BCUT2D eigenvalue weighted by Gasteiger charge is -2.17. The van der Waals surface area contributed by atoms with Gasteiger partial charge < -0.3 is 15.9 Å². The van der Waals surface area contributed by atoms with E-state index in [4.69, 9.17) is 5.73 Å². The molecule has 4 aromatic rings. The summed E-state index contributed by atoms with van der Waals surface area (Å²) in [4.78, 5) is 23.7. The number of ketones is 2. The largest absolute Gasteiger partial charge is 0.506 e. The average Bonchev–Trinajstić information content (AvgIpc) is 2.85. The Morgan fingerprint density at radius 1 is 0.667 bits per heavy atom. The number of rotatable bonds is 4. The van der Waals surface area contributed by atoms with E-state index in [9.17, 15) is 45.7 Å². The van der Waals surface area contributed by atoms with Crippen LogP contribution < -0.4 is 5.73 Å². The first-order valence-electron chi connectivity index (χ1n) is 10.7. The van der Waals surface area contributed by atoms with Crippen LogP contribution in [0.4, 0.5) is 17.1 Å². The molecule has 0 radical (unpaired) electrons. The van der Waals surface area contributed by atoms with E-state index in [-0.39, 0.29) is 27.9 Å². The van der Waals surface area contributed by atoms with Crippen molar-refractivity contribution in [3.63, 3.8) is 0 Å². The summed E-state index contributed by atoms with van der Waals surface area (Å²) in [6.45, 7) is 0. The van der Waals surface area contributed by atoms with Crippen molar-refractivity contribution < 1.29 is 45.7 Å². The van der Waals surface area contributed by atoms with Crippen LogP contribution in [0.2, 0.25) is 0 Å². The third-order valence-electron chi connectivity index (χ3n) is 6.06. The molecule has 0 atom stereocenters. The van der Waals surface area contributed by atoms with Gasteiger partial charge in [-0.05, 0) is 24.3 Å². The van der Waals surface area contributed by atoms with Gasteiger partial charge in [0.2, 0.25) is 0 Å². The number of azo groups is 1. The zero-order valence-electron chi connectivity index (χ0n) is 19.2. The predicted octanol–water partition coefficient (Wildman–Crippen LogP) is 3.52. The van der Waals surface area contributed by atoms with Crippen LogP contribution in [0, 0.1) is 0 Å². The van der Waals surface area contributed by atoms with Gasteiger partial charge in [0.05, 0.1) is 11.1 Å². The van der Waals surface area contributed by atoms with Gasteiger partial charge in [-0.25, -0.2) is 0 Å². The number of carbonyl (C=O) groups excluding carboxylic acids is 2. The lowest BCUT2D eigenvalue weighted by molar-refractivity contribution is 0.0979. The number of carbonyl (C=O) groups is 2. The quantitative estimate of drug-likeness (QED) is 0.119. The van der Waals surface area contributed by atoms with Crippen LogP contribution in [-0.4, -0.2) is 47.7 Å². The molecule has 0 aromatic heterocycles. The van der Waals surface area contributed by atoms with Gasteiger partial charge in [0, 0.05) is 27.6 Å². The van der Waals surface area contributed by atoms with Gasteiger partial charge >= 0.3 is 0 Å². The minimum Gasteiger partial charge on any atom is -0.506 e. The number of hydrogen-bond donors (Lipinski definition) is 5. The molecule has 4 aromatic carbocycles. The molecule has 1 aliphatic rings. The fraction of sp³-hybridized carbons (Fsp3) is 0. The summed E-state index contributed by atoms with van der Waals surface area (Å²) in [6.07, 6.45) is 0. The van der Waals surface area contributed by atoms with Gasteiger partial charge in [-0.3, -0.25) is 18.7 Å². The molecule has 0 bridgehead atoms. The molecule has 5 rings (SSSR count). The molecule has 0 spiro atoms. The van der Waals surface area contributed by atoms with Crippen LogP contribution in [0.25, 0.3) is 10.8 Å². The van der Waals surface area contributed by atoms with Gasteiger partial charge in [-0.1, -0.05) is 30.3 Å². The highest BCUT2D eigenvalue weighted by Gasteiger charge is 2.31. The third kappa shape index (κ3) is 4.18. The number of nitrogens with zero attached hydrogens (tertiary/aromatic N) is 2. The smallest absolute Gasteiger partial charge is 0.296 e. The summed E-state index contributed by atoms with van der Waals surface area (Å²) in [5.74, 6) is -2.37. The Balaban J connectivity index is 1.66. The Labute approximate surface area is 219 Å². The highest BCUT2D eigenvalue weighted by Crippen LogP contribution is 2.44. The molecular weight excluding hydrogens is 554 g/mol. The summed E-state index contributed by atoms with van der Waals surface area (Å²) in [7, 11) is -10.1. The van der Waals surface area contributed by atoms with Crippen LogP contribution in [0.3, 0.4) is 0 Å². The number of hydrogen-bond acceptors (Lipinski definition) is 11. The number of benzene rings is 4. The topological polar surface area (TPSA) is 234 Å². The molecule has 15 heteroatoms.